The van der Waals surface area contributed by atoms with E-state index in [1.807, 2.05) is 30.3 Å². The molecule has 0 heterocycles. The van der Waals surface area contributed by atoms with Crippen molar-refractivity contribution >= 4 is 29.4 Å². The van der Waals surface area contributed by atoms with Gasteiger partial charge in [0.1, 0.15) is 0 Å². The summed E-state index contributed by atoms with van der Waals surface area (Å²) in [6.45, 7) is 0.666. The molecular weight excluding hydrogens is 267 g/mol. The minimum Gasteiger partial charge on any atom is -0.306 e. The van der Waals surface area contributed by atoms with E-state index in [9.17, 15) is 0 Å². The Hall–Kier alpha value is -1.51. The SMILES string of the molecule is Clc1cccc(Cl)c1C=NNCc1ccccc1. The number of hydrogen-bond acceptors (Lipinski definition) is 2. The first-order valence-corrected chi connectivity index (χ1v) is 6.27. The summed E-state index contributed by atoms with van der Waals surface area (Å²) in [6, 6.07) is 15.4. The van der Waals surface area contributed by atoms with Crippen molar-refractivity contribution < 1.29 is 0 Å². The number of hydrogen-bond donors (Lipinski definition) is 1. The van der Waals surface area contributed by atoms with Gasteiger partial charge >= 0.3 is 0 Å². The fraction of sp³-hybridized carbons (Fsp3) is 0.0714. The maximum Gasteiger partial charge on any atom is 0.0580 e. The molecule has 0 aliphatic carbocycles. The standard InChI is InChI=1S/C14H12Cl2N2/c15-13-7-4-8-14(16)12(13)10-18-17-9-11-5-2-1-3-6-11/h1-8,10,17H,9H2. The van der Waals surface area contributed by atoms with Gasteiger partial charge in [-0.15, -0.1) is 0 Å². The second kappa shape index (κ2) is 6.43. The lowest BCUT2D eigenvalue weighted by atomic mass is 10.2. The monoisotopic (exact) mass is 278 g/mol. The second-order valence-electron chi connectivity index (χ2n) is 3.71. The molecule has 0 spiro atoms. The van der Waals surface area contributed by atoms with Crippen molar-refractivity contribution in [1.82, 2.24) is 5.43 Å². The van der Waals surface area contributed by atoms with Crippen molar-refractivity contribution in [2.75, 3.05) is 0 Å². The summed E-state index contributed by atoms with van der Waals surface area (Å²) < 4.78 is 0. The van der Waals surface area contributed by atoms with E-state index in [4.69, 9.17) is 23.2 Å². The molecular formula is C14H12Cl2N2. The number of hydrazone groups is 1. The fourth-order valence-corrected chi connectivity index (χ4v) is 1.97. The minimum absolute atomic E-state index is 0.591. The number of benzene rings is 2. The van der Waals surface area contributed by atoms with Gasteiger partial charge in [0.2, 0.25) is 0 Å². The van der Waals surface area contributed by atoms with E-state index in [0.29, 0.717) is 16.6 Å². The van der Waals surface area contributed by atoms with Crippen LogP contribution < -0.4 is 5.43 Å². The largest absolute Gasteiger partial charge is 0.306 e. The van der Waals surface area contributed by atoms with Crippen LogP contribution in [0, 0.1) is 0 Å². The lowest BCUT2D eigenvalue weighted by Gasteiger charge is -2.02. The van der Waals surface area contributed by atoms with Gasteiger partial charge in [0, 0.05) is 5.56 Å². The van der Waals surface area contributed by atoms with Gasteiger partial charge in [-0.1, -0.05) is 59.6 Å². The Bertz CT molecular complexity index is 518. The highest BCUT2D eigenvalue weighted by molar-refractivity contribution is 6.38. The quantitative estimate of drug-likeness (QED) is 0.660. The Balaban J connectivity index is 1.96. The molecule has 0 radical (unpaired) electrons. The van der Waals surface area contributed by atoms with Gasteiger partial charge in [-0.25, -0.2) is 0 Å². The third kappa shape index (κ3) is 3.49. The molecule has 0 saturated carbocycles. The van der Waals surface area contributed by atoms with Crippen LogP contribution in [0.3, 0.4) is 0 Å². The molecule has 2 rings (SSSR count). The van der Waals surface area contributed by atoms with E-state index in [2.05, 4.69) is 10.5 Å². The molecule has 0 unspecified atom stereocenters. The van der Waals surface area contributed by atoms with E-state index in [1.54, 1.807) is 24.4 Å². The Labute approximate surface area is 116 Å². The molecule has 0 amide bonds. The van der Waals surface area contributed by atoms with E-state index in [-0.39, 0.29) is 0 Å². The highest BCUT2D eigenvalue weighted by atomic mass is 35.5. The molecule has 18 heavy (non-hydrogen) atoms. The summed E-state index contributed by atoms with van der Waals surface area (Å²) in [7, 11) is 0. The normalized spacial score (nSPS) is 10.8. The van der Waals surface area contributed by atoms with Crippen LogP contribution in [0.25, 0.3) is 0 Å². The van der Waals surface area contributed by atoms with Crippen LogP contribution in [0.2, 0.25) is 10.0 Å². The van der Waals surface area contributed by atoms with Crippen molar-refractivity contribution in [3.05, 3.63) is 69.7 Å². The summed E-state index contributed by atoms with van der Waals surface area (Å²) in [4.78, 5) is 0. The van der Waals surface area contributed by atoms with E-state index < -0.39 is 0 Å². The van der Waals surface area contributed by atoms with Gasteiger partial charge in [0.05, 0.1) is 22.8 Å². The Morgan fingerprint density at radius 3 is 2.28 bits per heavy atom. The number of nitrogens with one attached hydrogen (secondary N) is 1. The van der Waals surface area contributed by atoms with Crippen LogP contribution in [0.15, 0.2) is 53.6 Å². The second-order valence-corrected chi connectivity index (χ2v) is 4.53. The summed E-state index contributed by atoms with van der Waals surface area (Å²) >= 11 is 12.0. The molecule has 0 aliphatic heterocycles. The van der Waals surface area contributed by atoms with E-state index in [0.717, 1.165) is 5.56 Å². The van der Waals surface area contributed by atoms with Gasteiger partial charge in [-0.2, -0.15) is 5.10 Å². The fourth-order valence-electron chi connectivity index (χ4n) is 1.48. The van der Waals surface area contributed by atoms with Crippen LogP contribution >= 0.6 is 23.2 Å². The van der Waals surface area contributed by atoms with Crippen molar-refractivity contribution in [1.29, 1.82) is 0 Å². The zero-order chi connectivity index (χ0) is 12.8. The van der Waals surface area contributed by atoms with Crippen molar-refractivity contribution in [3.8, 4) is 0 Å². The third-order valence-corrected chi connectivity index (χ3v) is 3.07. The topological polar surface area (TPSA) is 24.4 Å². The third-order valence-electron chi connectivity index (χ3n) is 2.41. The highest BCUT2D eigenvalue weighted by Gasteiger charge is 2.01. The molecule has 0 bridgehead atoms. The number of nitrogens with zero attached hydrogens (tertiary/aromatic N) is 1. The first-order chi connectivity index (χ1) is 8.77. The lowest BCUT2D eigenvalue weighted by Crippen LogP contribution is -2.05. The summed E-state index contributed by atoms with van der Waals surface area (Å²) in [6.07, 6.45) is 1.63. The van der Waals surface area contributed by atoms with Crippen molar-refractivity contribution in [2.24, 2.45) is 5.10 Å². The van der Waals surface area contributed by atoms with Gasteiger partial charge < -0.3 is 5.43 Å². The van der Waals surface area contributed by atoms with Gasteiger partial charge in [-0.05, 0) is 17.7 Å². The summed E-state index contributed by atoms with van der Waals surface area (Å²) in [5.74, 6) is 0. The molecule has 2 aromatic carbocycles. The van der Waals surface area contributed by atoms with Crippen LogP contribution in [0.4, 0.5) is 0 Å². The zero-order valence-electron chi connectivity index (χ0n) is 9.61. The molecule has 92 valence electrons. The van der Waals surface area contributed by atoms with Crippen molar-refractivity contribution in [3.63, 3.8) is 0 Å². The molecule has 0 aliphatic rings. The van der Waals surface area contributed by atoms with E-state index >= 15 is 0 Å². The molecule has 2 nitrogen and oxygen atoms in total. The molecule has 0 aromatic heterocycles. The van der Waals surface area contributed by atoms with Gasteiger partial charge in [-0.3, -0.25) is 0 Å². The Kier molecular flexibility index (Phi) is 4.62. The lowest BCUT2D eigenvalue weighted by molar-refractivity contribution is 0.748. The maximum atomic E-state index is 6.02. The molecule has 0 atom stereocenters. The van der Waals surface area contributed by atoms with Crippen LogP contribution in [0.5, 0.6) is 0 Å². The highest BCUT2D eigenvalue weighted by Crippen LogP contribution is 2.21. The number of halogens is 2. The van der Waals surface area contributed by atoms with Crippen molar-refractivity contribution in [2.45, 2.75) is 6.54 Å². The molecule has 0 saturated heterocycles. The average molecular weight is 279 g/mol. The van der Waals surface area contributed by atoms with Gasteiger partial charge in [0.25, 0.3) is 0 Å². The summed E-state index contributed by atoms with van der Waals surface area (Å²) in [5.41, 5.74) is 4.85. The first-order valence-electron chi connectivity index (χ1n) is 5.51. The predicted molar refractivity (Wildman–Crippen MR) is 77.3 cm³/mol. The van der Waals surface area contributed by atoms with Gasteiger partial charge in [0.15, 0.2) is 0 Å². The molecule has 1 N–H and O–H groups in total. The summed E-state index contributed by atoms with van der Waals surface area (Å²) in [5, 5.41) is 5.30. The average Bonchev–Trinajstić information content (AvgIpc) is 2.38. The minimum atomic E-state index is 0.591. The zero-order valence-corrected chi connectivity index (χ0v) is 11.1. The van der Waals surface area contributed by atoms with Crippen LogP contribution in [-0.4, -0.2) is 6.21 Å². The van der Waals surface area contributed by atoms with Crippen LogP contribution in [-0.2, 0) is 6.54 Å². The maximum absolute atomic E-state index is 6.02. The molecule has 0 fully saturated rings. The van der Waals surface area contributed by atoms with E-state index in [1.165, 1.54) is 5.56 Å². The first kappa shape index (κ1) is 12.9. The Morgan fingerprint density at radius 1 is 0.944 bits per heavy atom. The Morgan fingerprint density at radius 2 is 1.61 bits per heavy atom. The molecule has 4 heteroatoms. The molecule has 2 aromatic rings. The van der Waals surface area contributed by atoms with Crippen LogP contribution in [0.1, 0.15) is 11.1 Å². The number of rotatable bonds is 4. The predicted octanol–water partition coefficient (Wildman–Crippen LogP) is 4.12. The smallest absolute Gasteiger partial charge is 0.0580 e.